The van der Waals surface area contributed by atoms with E-state index in [1.165, 1.54) is 38.5 Å². The number of aromatic hydroxyl groups is 2. The van der Waals surface area contributed by atoms with E-state index in [0.29, 0.717) is 37.6 Å². The zero-order chi connectivity index (χ0) is 39.4. The molecule has 2 aromatic carbocycles. The van der Waals surface area contributed by atoms with Crippen molar-refractivity contribution < 1.29 is 38.7 Å². The van der Waals surface area contributed by atoms with Gasteiger partial charge in [-0.25, -0.2) is 0 Å². The first-order chi connectivity index (χ1) is 25.8. The Morgan fingerprint density at radius 2 is 0.833 bits per heavy atom. The Morgan fingerprint density at radius 3 is 1.17 bits per heavy atom. The summed E-state index contributed by atoms with van der Waals surface area (Å²) in [5.74, 6) is 2.84. The van der Waals surface area contributed by atoms with Crippen molar-refractivity contribution in [1.29, 1.82) is 0 Å². The third kappa shape index (κ3) is 11.6. The average molecular weight is 751 g/mol. The van der Waals surface area contributed by atoms with Crippen LogP contribution in [0.4, 0.5) is 0 Å². The molecule has 302 valence electrons. The Morgan fingerprint density at radius 1 is 0.519 bits per heavy atom. The van der Waals surface area contributed by atoms with Crippen molar-refractivity contribution in [3.05, 3.63) is 44.5 Å². The SMILES string of the molecule is Cc1c(C)c2c(c(C)c1O)CC(CCOC(=O)CCCCCCCCCCCCCCC(=O)OCCC1Cc3c(C)c(O)c(C)c(C)c3OC1C)C(C)O2. The molecule has 2 heterocycles. The molecule has 0 bridgehead atoms. The van der Waals surface area contributed by atoms with Crippen LogP contribution in [0.25, 0.3) is 0 Å². The first-order valence-electron chi connectivity index (χ1n) is 21.1. The summed E-state index contributed by atoms with van der Waals surface area (Å²) in [6, 6.07) is 0. The van der Waals surface area contributed by atoms with Crippen molar-refractivity contribution in [2.24, 2.45) is 11.8 Å². The van der Waals surface area contributed by atoms with Crippen LogP contribution >= 0.6 is 0 Å². The lowest BCUT2D eigenvalue weighted by Gasteiger charge is -2.34. The number of phenols is 2. The zero-order valence-electron chi connectivity index (χ0n) is 34.8. The molecule has 2 aliphatic heterocycles. The number of hydrogen-bond donors (Lipinski definition) is 2. The maximum atomic E-state index is 12.3. The van der Waals surface area contributed by atoms with Gasteiger partial charge in [0.05, 0.1) is 25.4 Å². The summed E-state index contributed by atoms with van der Waals surface area (Å²) >= 11 is 0. The number of ether oxygens (including phenoxy) is 4. The van der Waals surface area contributed by atoms with Gasteiger partial charge in [-0.05, 0) is 127 Å². The molecule has 2 N–H and O–H groups in total. The highest BCUT2D eigenvalue weighted by Crippen LogP contribution is 2.44. The second-order valence-corrected chi connectivity index (χ2v) is 16.4. The standard InChI is InChI=1S/C46H70O8/c1-29-31(3)45-39(33(5)43(29)49)27-37(35(7)53-45)23-25-51-41(47)21-19-17-15-13-11-9-10-12-14-16-18-20-22-42(48)52-26-24-38-28-40-34(6)44(50)30(2)32(4)46(40)54-36(38)8/h35-38,49-50H,9-28H2,1-8H3. The molecule has 2 aromatic rings. The topological polar surface area (TPSA) is 112 Å². The van der Waals surface area contributed by atoms with Crippen LogP contribution in [0.2, 0.25) is 0 Å². The van der Waals surface area contributed by atoms with Gasteiger partial charge in [0.15, 0.2) is 0 Å². The Bertz CT molecular complexity index is 1450. The smallest absolute Gasteiger partial charge is 0.305 e. The van der Waals surface area contributed by atoms with Gasteiger partial charge >= 0.3 is 11.9 Å². The third-order valence-corrected chi connectivity index (χ3v) is 12.6. The number of esters is 2. The fraction of sp³-hybridized carbons (Fsp3) is 0.696. The van der Waals surface area contributed by atoms with Crippen molar-refractivity contribution in [2.45, 2.75) is 183 Å². The zero-order valence-corrected chi connectivity index (χ0v) is 34.8. The molecule has 8 nitrogen and oxygen atoms in total. The maximum absolute atomic E-state index is 12.3. The molecule has 0 spiro atoms. The minimum Gasteiger partial charge on any atom is -0.507 e. The minimum absolute atomic E-state index is 0.0434. The van der Waals surface area contributed by atoms with Crippen LogP contribution in [0, 0.1) is 53.4 Å². The van der Waals surface area contributed by atoms with Gasteiger partial charge in [0.2, 0.25) is 0 Å². The molecule has 0 saturated carbocycles. The van der Waals surface area contributed by atoms with Crippen LogP contribution in [0.1, 0.15) is 161 Å². The fourth-order valence-electron chi connectivity index (χ4n) is 8.34. The van der Waals surface area contributed by atoms with E-state index in [1.807, 2.05) is 41.5 Å². The molecule has 4 unspecified atom stereocenters. The molecule has 0 aliphatic carbocycles. The number of benzene rings is 2. The molecular weight excluding hydrogens is 680 g/mol. The molecule has 4 rings (SSSR count). The molecule has 0 amide bonds. The normalized spacial score (nSPS) is 19.0. The predicted octanol–water partition coefficient (Wildman–Crippen LogP) is 10.9. The molecule has 0 saturated heterocycles. The Hall–Kier alpha value is -3.42. The molecular formula is C46H70O8. The van der Waals surface area contributed by atoms with Crippen molar-refractivity contribution in [2.75, 3.05) is 13.2 Å². The Kier molecular flexibility index (Phi) is 16.9. The van der Waals surface area contributed by atoms with Gasteiger partial charge in [-0.3, -0.25) is 9.59 Å². The van der Waals surface area contributed by atoms with E-state index >= 15 is 0 Å². The summed E-state index contributed by atoms with van der Waals surface area (Å²) < 4.78 is 23.7. The summed E-state index contributed by atoms with van der Waals surface area (Å²) in [5, 5.41) is 21.0. The van der Waals surface area contributed by atoms with Crippen LogP contribution in [-0.4, -0.2) is 47.6 Å². The Balaban J connectivity index is 0.927. The minimum atomic E-state index is -0.105. The molecule has 4 atom stereocenters. The quantitative estimate of drug-likeness (QED) is 0.0958. The van der Waals surface area contributed by atoms with E-state index in [2.05, 4.69) is 13.8 Å². The van der Waals surface area contributed by atoms with Crippen LogP contribution in [0.3, 0.4) is 0 Å². The summed E-state index contributed by atoms with van der Waals surface area (Å²) in [5.41, 5.74) is 7.75. The van der Waals surface area contributed by atoms with Crippen LogP contribution < -0.4 is 9.47 Å². The lowest BCUT2D eigenvalue weighted by atomic mass is 9.84. The van der Waals surface area contributed by atoms with E-state index < -0.39 is 0 Å². The number of unbranched alkanes of at least 4 members (excludes halogenated alkanes) is 11. The van der Waals surface area contributed by atoms with Gasteiger partial charge in [0.25, 0.3) is 0 Å². The van der Waals surface area contributed by atoms with Gasteiger partial charge in [0, 0.05) is 35.8 Å². The number of carbonyl (C=O) groups excluding carboxylic acids is 2. The summed E-state index contributed by atoms with van der Waals surface area (Å²) in [4.78, 5) is 24.7. The van der Waals surface area contributed by atoms with Gasteiger partial charge < -0.3 is 29.2 Å². The molecule has 54 heavy (non-hydrogen) atoms. The third-order valence-electron chi connectivity index (χ3n) is 12.6. The highest BCUT2D eigenvalue weighted by atomic mass is 16.5. The number of hydrogen-bond acceptors (Lipinski definition) is 8. The molecule has 8 heteroatoms. The Labute approximate surface area is 325 Å². The van der Waals surface area contributed by atoms with Crippen LogP contribution in [0.15, 0.2) is 0 Å². The number of carbonyl (C=O) groups is 2. The predicted molar refractivity (Wildman–Crippen MR) is 215 cm³/mol. The van der Waals surface area contributed by atoms with Crippen molar-refractivity contribution >= 4 is 11.9 Å². The number of fused-ring (bicyclic) bond motifs is 2. The number of phenolic OH excluding ortho intramolecular Hbond substituents is 2. The van der Waals surface area contributed by atoms with E-state index in [0.717, 1.165) is 120 Å². The second-order valence-electron chi connectivity index (χ2n) is 16.4. The lowest BCUT2D eigenvalue weighted by Crippen LogP contribution is -2.32. The van der Waals surface area contributed by atoms with Gasteiger partial charge in [-0.1, -0.05) is 64.2 Å². The van der Waals surface area contributed by atoms with E-state index in [1.54, 1.807) is 0 Å². The lowest BCUT2D eigenvalue weighted by molar-refractivity contribution is -0.145. The molecule has 0 radical (unpaired) electrons. The maximum Gasteiger partial charge on any atom is 0.305 e. The van der Waals surface area contributed by atoms with Crippen LogP contribution in [-0.2, 0) is 31.9 Å². The van der Waals surface area contributed by atoms with Crippen molar-refractivity contribution in [3.63, 3.8) is 0 Å². The van der Waals surface area contributed by atoms with Crippen molar-refractivity contribution in [3.8, 4) is 23.0 Å². The second kappa shape index (κ2) is 21.0. The summed E-state index contributed by atoms with van der Waals surface area (Å²) in [7, 11) is 0. The molecule has 0 aromatic heterocycles. The fourth-order valence-corrected chi connectivity index (χ4v) is 8.34. The molecule has 2 aliphatic rings. The summed E-state index contributed by atoms with van der Waals surface area (Å²) in [6.45, 7) is 16.8. The monoisotopic (exact) mass is 751 g/mol. The van der Waals surface area contributed by atoms with Gasteiger partial charge in [-0.15, -0.1) is 0 Å². The highest BCUT2D eigenvalue weighted by molar-refractivity contribution is 5.69. The number of rotatable bonds is 21. The van der Waals surface area contributed by atoms with Crippen molar-refractivity contribution in [1.82, 2.24) is 0 Å². The van der Waals surface area contributed by atoms with E-state index in [4.69, 9.17) is 18.9 Å². The van der Waals surface area contributed by atoms with Crippen LogP contribution in [0.5, 0.6) is 23.0 Å². The highest BCUT2D eigenvalue weighted by Gasteiger charge is 2.32. The van der Waals surface area contributed by atoms with Gasteiger partial charge in [-0.2, -0.15) is 0 Å². The van der Waals surface area contributed by atoms with E-state index in [-0.39, 0.29) is 36.0 Å². The average Bonchev–Trinajstić information content (AvgIpc) is 3.15. The first kappa shape index (κ1) is 43.3. The van der Waals surface area contributed by atoms with E-state index in [9.17, 15) is 19.8 Å². The first-order valence-corrected chi connectivity index (χ1v) is 21.1. The van der Waals surface area contributed by atoms with Gasteiger partial charge in [0.1, 0.15) is 23.0 Å². The molecule has 0 fully saturated rings. The largest absolute Gasteiger partial charge is 0.507 e. The summed E-state index contributed by atoms with van der Waals surface area (Å²) in [6.07, 6.45) is 17.9.